The van der Waals surface area contributed by atoms with Crippen molar-refractivity contribution in [3.8, 4) is 0 Å². The molecule has 0 aromatic rings. The van der Waals surface area contributed by atoms with E-state index in [4.69, 9.17) is 10.8 Å². The molecule has 1 amide bonds. The molecule has 13 heavy (non-hydrogen) atoms. The zero-order chi connectivity index (χ0) is 10.3. The van der Waals surface area contributed by atoms with E-state index in [9.17, 15) is 9.59 Å². The number of hydrazine groups is 1. The van der Waals surface area contributed by atoms with Crippen molar-refractivity contribution in [3.63, 3.8) is 0 Å². The summed E-state index contributed by atoms with van der Waals surface area (Å²) in [5.41, 5.74) is 9.81. The second-order valence-corrected chi connectivity index (χ2v) is 2.64. The molecule has 0 aliphatic rings. The van der Waals surface area contributed by atoms with E-state index in [1.807, 2.05) is 0 Å². The first kappa shape index (κ1) is 11.9. The highest BCUT2D eigenvalue weighted by molar-refractivity contribution is 5.77. The van der Waals surface area contributed by atoms with Gasteiger partial charge in [0.1, 0.15) is 6.04 Å². The molecule has 76 valence electrons. The summed E-state index contributed by atoms with van der Waals surface area (Å²) in [5, 5.41) is 8.44. The maximum atomic E-state index is 10.9. The molecular formula is C7H15N3O3. The SMILES string of the molecule is C[C@H](NNC(=O)CCCN)C(=O)O. The van der Waals surface area contributed by atoms with E-state index in [0.717, 1.165) is 0 Å². The van der Waals surface area contributed by atoms with Crippen LogP contribution in [0.1, 0.15) is 19.8 Å². The van der Waals surface area contributed by atoms with Gasteiger partial charge in [-0.25, -0.2) is 5.43 Å². The number of amides is 1. The third-order valence-corrected chi connectivity index (χ3v) is 1.41. The Morgan fingerprint density at radius 2 is 2.15 bits per heavy atom. The van der Waals surface area contributed by atoms with Crippen LogP contribution in [0.15, 0.2) is 0 Å². The Morgan fingerprint density at radius 1 is 1.54 bits per heavy atom. The largest absolute Gasteiger partial charge is 0.480 e. The Bertz CT molecular complexity index is 184. The van der Waals surface area contributed by atoms with Crippen molar-refractivity contribution >= 4 is 11.9 Å². The van der Waals surface area contributed by atoms with Crippen LogP contribution >= 0.6 is 0 Å². The maximum Gasteiger partial charge on any atom is 0.322 e. The number of carboxylic acid groups (broad SMARTS) is 1. The Kier molecular flexibility index (Phi) is 5.82. The lowest BCUT2D eigenvalue weighted by atomic mass is 10.3. The predicted octanol–water partition coefficient (Wildman–Crippen LogP) is -1.18. The summed E-state index contributed by atoms with van der Waals surface area (Å²) in [6, 6.07) is -0.790. The summed E-state index contributed by atoms with van der Waals surface area (Å²) in [6.45, 7) is 1.88. The Labute approximate surface area is 76.5 Å². The minimum absolute atomic E-state index is 0.251. The molecule has 0 saturated heterocycles. The Balaban J connectivity index is 3.52. The van der Waals surface area contributed by atoms with Gasteiger partial charge < -0.3 is 10.8 Å². The average molecular weight is 189 g/mol. The first-order valence-corrected chi connectivity index (χ1v) is 4.05. The van der Waals surface area contributed by atoms with Crippen molar-refractivity contribution in [2.45, 2.75) is 25.8 Å². The fraction of sp³-hybridized carbons (Fsp3) is 0.714. The number of nitrogens with two attached hydrogens (primary N) is 1. The van der Waals surface area contributed by atoms with E-state index in [1.165, 1.54) is 6.92 Å². The molecule has 0 saturated carbocycles. The third kappa shape index (κ3) is 6.06. The van der Waals surface area contributed by atoms with Crippen LogP contribution in [0.2, 0.25) is 0 Å². The van der Waals surface area contributed by atoms with Crippen LogP contribution in [-0.4, -0.2) is 29.6 Å². The van der Waals surface area contributed by atoms with E-state index >= 15 is 0 Å². The molecule has 1 atom stereocenters. The van der Waals surface area contributed by atoms with Crippen LogP contribution in [-0.2, 0) is 9.59 Å². The van der Waals surface area contributed by atoms with E-state index in [2.05, 4.69) is 10.9 Å². The summed E-state index contributed by atoms with van der Waals surface area (Å²) in [7, 11) is 0. The topological polar surface area (TPSA) is 104 Å². The lowest BCUT2D eigenvalue weighted by Crippen LogP contribution is -2.46. The van der Waals surface area contributed by atoms with Crippen molar-refractivity contribution in [1.82, 2.24) is 10.9 Å². The average Bonchev–Trinajstić information content (AvgIpc) is 2.10. The van der Waals surface area contributed by atoms with Crippen LogP contribution < -0.4 is 16.6 Å². The number of carboxylic acids is 1. The first-order valence-electron chi connectivity index (χ1n) is 4.05. The molecule has 0 aliphatic heterocycles. The van der Waals surface area contributed by atoms with Gasteiger partial charge in [-0.2, -0.15) is 0 Å². The quantitative estimate of drug-likeness (QED) is 0.394. The van der Waals surface area contributed by atoms with Crippen LogP contribution in [0.5, 0.6) is 0 Å². The first-order chi connectivity index (χ1) is 6.07. The minimum atomic E-state index is -1.01. The molecular weight excluding hydrogens is 174 g/mol. The fourth-order valence-electron chi connectivity index (χ4n) is 0.576. The zero-order valence-corrected chi connectivity index (χ0v) is 7.54. The standard InChI is InChI=1S/C7H15N3O3/c1-5(7(12)13)9-10-6(11)3-2-4-8/h5,9H,2-4,8H2,1H3,(H,10,11)(H,12,13)/t5-/m0/s1. The van der Waals surface area contributed by atoms with E-state index in [0.29, 0.717) is 19.4 Å². The number of hydrogen-bond donors (Lipinski definition) is 4. The molecule has 5 N–H and O–H groups in total. The van der Waals surface area contributed by atoms with Gasteiger partial charge in [-0.3, -0.25) is 15.0 Å². The second-order valence-electron chi connectivity index (χ2n) is 2.64. The molecule has 0 rings (SSSR count). The molecule has 0 unspecified atom stereocenters. The molecule has 0 heterocycles. The number of nitrogens with one attached hydrogen (secondary N) is 2. The zero-order valence-electron chi connectivity index (χ0n) is 7.54. The number of carbonyl (C=O) groups is 2. The van der Waals surface area contributed by atoms with Crippen molar-refractivity contribution < 1.29 is 14.7 Å². The van der Waals surface area contributed by atoms with Crippen LogP contribution in [0, 0.1) is 0 Å². The van der Waals surface area contributed by atoms with Crippen LogP contribution in [0.25, 0.3) is 0 Å². The molecule has 0 aromatic heterocycles. The van der Waals surface area contributed by atoms with E-state index < -0.39 is 12.0 Å². The Morgan fingerprint density at radius 3 is 2.62 bits per heavy atom. The number of aliphatic carboxylic acids is 1. The summed E-state index contributed by atoms with van der Waals surface area (Å²) < 4.78 is 0. The van der Waals surface area contributed by atoms with Crippen LogP contribution in [0.3, 0.4) is 0 Å². The van der Waals surface area contributed by atoms with E-state index in [1.54, 1.807) is 0 Å². The molecule has 6 heteroatoms. The third-order valence-electron chi connectivity index (χ3n) is 1.41. The van der Waals surface area contributed by atoms with Crippen molar-refractivity contribution in [2.24, 2.45) is 5.73 Å². The number of carbonyl (C=O) groups excluding carboxylic acids is 1. The van der Waals surface area contributed by atoms with Gasteiger partial charge in [0.05, 0.1) is 0 Å². The van der Waals surface area contributed by atoms with Gasteiger partial charge in [0.25, 0.3) is 0 Å². The normalized spacial score (nSPS) is 12.2. The molecule has 0 spiro atoms. The van der Waals surface area contributed by atoms with E-state index in [-0.39, 0.29) is 5.91 Å². The van der Waals surface area contributed by atoms with Gasteiger partial charge in [0, 0.05) is 6.42 Å². The lowest BCUT2D eigenvalue weighted by molar-refractivity contribution is -0.139. The summed E-state index contributed by atoms with van der Waals surface area (Å²) in [5.74, 6) is -1.27. The molecule has 0 bridgehead atoms. The predicted molar refractivity (Wildman–Crippen MR) is 46.7 cm³/mol. The number of rotatable bonds is 6. The van der Waals surface area contributed by atoms with Crippen molar-refractivity contribution in [1.29, 1.82) is 0 Å². The summed E-state index contributed by atoms with van der Waals surface area (Å²) in [6.07, 6.45) is 0.894. The molecule has 0 fully saturated rings. The summed E-state index contributed by atoms with van der Waals surface area (Å²) in [4.78, 5) is 21.2. The molecule has 0 aliphatic carbocycles. The highest BCUT2D eigenvalue weighted by Gasteiger charge is 2.10. The van der Waals surface area contributed by atoms with Gasteiger partial charge in [0.2, 0.25) is 5.91 Å². The molecule has 0 radical (unpaired) electrons. The minimum Gasteiger partial charge on any atom is -0.480 e. The lowest BCUT2D eigenvalue weighted by Gasteiger charge is -2.09. The molecule has 6 nitrogen and oxygen atoms in total. The smallest absolute Gasteiger partial charge is 0.322 e. The number of hydrogen-bond acceptors (Lipinski definition) is 4. The Hall–Kier alpha value is -1.14. The van der Waals surface area contributed by atoms with Gasteiger partial charge in [-0.1, -0.05) is 0 Å². The van der Waals surface area contributed by atoms with Gasteiger partial charge >= 0.3 is 5.97 Å². The van der Waals surface area contributed by atoms with Gasteiger partial charge in [0.15, 0.2) is 0 Å². The highest BCUT2D eigenvalue weighted by Crippen LogP contribution is 1.84. The fourth-order valence-corrected chi connectivity index (χ4v) is 0.576. The monoisotopic (exact) mass is 189 g/mol. The van der Waals surface area contributed by atoms with Gasteiger partial charge in [-0.15, -0.1) is 0 Å². The second kappa shape index (κ2) is 6.38. The molecule has 0 aromatic carbocycles. The van der Waals surface area contributed by atoms with Crippen LogP contribution in [0.4, 0.5) is 0 Å². The van der Waals surface area contributed by atoms with Gasteiger partial charge in [-0.05, 0) is 19.9 Å². The van der Waals surface area contributed by atoms with Crippen molar-refractivity contribution in [2.75, 3.05) is 6.54 Å². The highest BCUT2D eigenvalue weighted by atomic mass is 16.4. The summed E-state index contributed by atoms with van der Waals surface area (Å²) >= 11 is 0. The maximum absolute atomic E-state index is 10.9. The van der Waals surface area contributed by atoms with Crippen molar-refractivity contribution in [3.05, 3.63) is 0 Å².